The van der Waals surface area contributed by atoms with Crippen LogP contribution in [-0.4, -0.2) is 52.1 Å². The summed E-state index contributed by atoms with van der Waals surface area (Å²) in [5.74, 6) is 1.22. The van der Waals surface area contributed by atoms with Gasteiger partial charge in [-0.2, -0.15) is 0 Å². The fourth-order valence-electron chi connectivity index (χ4n) is 2.14. The number of ether oxygens (including phenoxy) is 1. The summed E-state index contributed by atoms with van der Waals surface area (Å²) in [6.45, 7) is 5.85. The van der Waals surface area contributed by atoms with Crippen LogP contribution in [-0.2, 0) is 9.84 Å². The van der Waals surface area contributed by atoms with Gasteiger partial charge in [-0.1, -0.05) is 0 Å². The lowest BCUT2D eigenvalue weighted by Crippen LogP contribution is -2.42. The number of nitrogens with one attached hydrogen (secondary N) is 2. The summed E-state index contributed by atoms with van der Waals surface area (Å²) in [6.07, 6.45) is 3.47. The van der Waals surface area contributed by atoms with E-state index in [1.165, 1.54) is 18.4 Å². The van der Waals surface area contributed by atoms with Crippen molar-refractivity contribution in [1.29, 1.82) is 0 Å². The topological polar surface area (TPSA) is 79.8 Å². The third-order valence-corrected chi connectivity index (χ3v) is 4.53. The van der Waals surface area contributed by atoms with Crippen molar-refractivity contribution in [3.8, 4) is 5.75 Å². The van der Waals surface area contributed by atoms with Crippen molar-refractivity contribution >= 4 is 39.8 Å². The first-order chi connectivity index (χ1) is 12.3. The molecule has 2 N–H and O–H groups in total. The number of halogens is 2. The maximum atomic E-state index is 12.8. The Balaban J connectivity index is 0.00000676. The zero-order chi connectivity index (χ0) is 19.4. The number of aliphatic imine (C=N–C) groups is 1. The number of unbranched alkanes of at least 4 members (excludes halogenated alkanes) is 1. The van der Waals surface area contributed by atoms with E-state index in [2.05, 4.69) is 15.6 Å². The first-order valence-electron chi connectivity index (χ1n) is 8.91. The molecular formula is C18H31FIN3O3S. The number of hydrogen-bond acceptors (Lipinski definition) is 4. The van der Waals surface area contributed by atoms with Crippen LogP contribution in [0.25, 0.3) is 0 Å². The fourth-order valence-corrected chi connectivity index (χ4v) is 2.92. The Bertz CT molecular complexity index is 654. The van der Waals surface area contributed by atoms with Gasteiger partial charge in [0.25, 0.3) is 0 Å². The molecule has 6 nitrogen and oxygen atoms in total. The number of hydrogen-bond donors (Lipinski definition) is 2. The fraction of sp³-hybridized carbons (Fsp3) is 0.611. The minimum atomic E-state index is -2.95. The average Bonchev–Trinajstić information content (AvgIpc) is 2.57. The summed E-state index contributed by atoms with van der Waals surface area (Å²) >= 11 is 0. The van der Waals surface area contributed by atoms with E-state index in [0.29, 0.717) is 31.3 Å². The van der Waals surface area contributed by atoms with E-state index in [-0.39, 0.29) is 41.6 Å². The normalized spacial score (nSPS) is 12.8. The van der Waals surface area contributed by atoms with Crippen LogP contribution in [0.4, 0.5) is 4.39 Å². The zero-order valence-corrected chi connectivity index (χ0v) is 19.3. The summed E-state index contributed by atoms with van der Waals surface area (Å²) in [5, 5.41) is 6.38. The molecule has 0 aliphatic heterocycles. The molecule has 0 aromatic heterocycles. The second kappa shape index (κ2) is 14.0. The third kappa shape index (κ3) is 13.7. The molecule has 0 saturated heterocycles. The quantitative estimate of drug-likeness (QED) is 0.205. The van der Waals surface area contributed by atoms with Crippen LogP contribution < -0.4 is 15.4 Å². The van der Waals surface area contributed by atoms with Crippen LogP contribution in [0.1, 0.15) is 33.1 Å². The highest BCUT2D eigenvalue weighted by Crippen LogP contribution is 2.11. The van der Waals surface area contributed by atoms with E-state index in [1.807, 2.05) is 13.8 Å². The van der Waals surface area contributed by atoms with Gasteiger partial charge in [0.05, 0.1) is 12.4 Å². The molecule has 27 heavy (non-hydrogen) atoms. The number of nitrogens with zero attached hydrogens (tertiary/aromatic N) is 1. The van der Waals surface area contributed by atoms with Gasteiger partial charge in [-0.25, -0.2) is 12.8 Å². The largest absolute Gasteiger partial charge is 0.494 e. The maximum Gasteiger partial charge on any atom is 0.191 e. The predicted molar refractivity (Wildman–Crippen MR) is 119 cm³/mol. The lowest BCUT2D eigenvalue weighted by Gasteiger charge is -2.17. The van der Waals surface area contributed by atoms with Crippen molar-refractivity contribution in [3.63, 3.8) is 0 Å². The first kappa shape index (κ1) is 25.9. The van der Waals surface area contributed by atoms with Gasteiger partial charge in [0.2, 0.25) is 0 Å². The second-order valence-corrected chi connectivity index (χ2v) is 8.49. The summed E-state index contributed by atoms with van der Waals surface area (Å²) in [6, 6.07) is 5.99. The van der Waals surface area contributed by atoms with E-state index in [1.54, 1.807) is 12.1 Å². The molecule has 156 valence electrons. The minimum absolute atomic E-state index is 0. The van der Waals surface area contributed by atoms with Crippen molar-refractivity contribution in [2.75, 3.05) is 31.7 Å². The van der Waals surface area contributed by atoms with Crippen molar-refractivity contribution in [2.24, 2.45) is 4.99 Å². The van der Waals surface area contributed by atoms with Gasteiger partial charge in [-0.3, -0.25) is 4.99 Å². The highest BCUT2D eigenvalue weighted by atomic mass is 127. The molecular weight excluding hydrogens is 484 g/mol. The van der Waals surface area contributed by atoms with Crippen LogP contribution in [0.3, 0.4) is 0 Å². The smallest absolute Gasteiger partial charge is 0.191 e. The Hall–Kier alpha value is -1.10. The Morgan fingerprint density at radius 3 is 2.52 bits per heavy atom. The summed E-state index contributed by atoms with van der Waals surface area (Å²) in [7, 11) is -2.95. The molecule has 0 heterocycles. The average molecular weight is 515 g/mol. The summed E-state index contributed by atoms with van der Waals surface area (Å²) in [4.78, 5) is 4.49. The van der Waals surface area contributed by atoms with E-state index in [4.69, 9.17) is 4.74 Å². The van der Waals surface area contributed by atoms with Crippen LogP contribution in [0.15, 0.2) is 29.3 Å². The lowest BCUT2D eigenvalue weighted by molar-refractivity contribution is 0.307. The SMILES string of the molecule is CCNC(=NCCCCOc1ccc(F)cc1)NC(C)CCS(C)(=O)=O.I. The van der Waals surface area contributed by atoms with Gasteiger partial charge < -0.3 is 15.4 Å². The highest BCUT2D eigenvalue weighted by Gasteiger charge is 2.09. The van der Waals surface area contributed by atoms with Gasteiger partial charge in [-0.05, 0) is 57.4 Å². The molecule has 1 aromatic carbocycles. The number of guanidine groups is 1. The molecule has 0 fully saturated rings. The number of rotatable bonds is 11. The van der Waals surface area contributed by atoms with E-state index in [9.17, 15) is 12.8 Å². The molecule has 1 aromatic rings. The molecule has 0 saturated carbocycles. The molecule has 0 amide bonds. The van der Waals surface area contributed by atoms with Crippen molar-refractivity contribution in [2.45, 2.75) is 39.2 Å². The molecule has 1 rings (SSSR count). The zero-order valence-electron chi connectivity index (χ0n) is 16.2. The van der Waals surface area contributed by atoms with Gasteiger partial charge in [-0.15, -0.1) is 24.0 Å². The predicted octanol–water partition coefficient (Wildman–Crippen LogP) is 2.98. The molecule has 9 heteroatoms. The summed E-state index contributed by atoms with van der Waals surface area (Å²) in [5.41, 5.74) is 0. The standard InChI is InChI=1S/C18H30FN3O3S.HI/c1-4-20-18(22-15(2)11-14-26(3,23)24)21-12-5-6-13-25-17-9-7-16(19)8-10-17;/h7-10,15H,4-6,11-14H2,1-3H3,(H2,20,21,22);1H. The maximum absolute atomic E-state index is 12.8. The number of sulfone groups is 1. The van der Waals surface area contributed by atoms with Gasteiger partial charge in [0, 0.05) is 25.4 Å². The second-order valence-electron chi connectivity index (χ2n) is 6.23. The first-order valence-corrected chi connectivity index (χ1v) is 11.0. The monoisotopic (exact) mass is 515 g/mol. The molecule has 0 aliphatic rings. The molecule has 1 atom stereocenters. The Kier molecular flexibility index (Phi) is 13.4. The molecule has 0 spiro atoms. The molecule has 1 unspecified atom stereocenters. The van der Waals surface area contributed by atoms with Crippen molar-refractivity contribution in [1.82, 2.24) is 10.6 Å². The van der Waals surface area contributed by atoms with E-state index in [0.717, 1.165) is 19.4 Å². The minimum Gasteiger partial charge on any atom is -0.494 e. The van der Waals surface area contributed by atoms with Crippen molar-refractivity contribution < 1.29 is 17.5 Å². The Morgan fingerprint density at radius 2 is 1.93 bits per heavy atom. The van der Waals surface area contributed by atoms with Crippen LogP contribution in [0.2, 0.25) is 0 Å². The lowest BCUT2D eigenvalue weighted by atomic mass is 10.3. The van der Waals surface area contributed by atoms with Gasteiger partial charge >= 0.3 is 0 Å². The van der Waals surface area contributed by atoms with Crippen molar-refractivity contribution in [3.05, 3.63) is 30.1 Å². The van der Waals surface area contributed by atoms with Crippen LogP contribution >= 0.6 is 24.0 Å². The van der Waals surface area contributed by atoms with Gasteiger partial charge in [0.1, 0.15) is 21.4 Å². The summed E-state index contributed by atoms with van der Waals surface area (Å²) < 4.78 is 40.8. The number of benzene rings is 1. The van der Waals surface area contributed by atoms with Gasteiger partial charge in [0.15, 0.2) is 5.96 Å². The Morgan fingerprint density at radius 1 is 1.26 bits per heavy atom. The third-order valence-electron chi connectivity index (χ3n) is 3.55. The molecule has 0 aliphatic carbocycles. The van der Waals surface area contributed by atoms with Crippen LogP contribution in [0, 0.1) is 5.82 Å². The highest BCUT2D eigenvalue weighted by molar-refractivity contribution is 14.0. The molecule has 0 bridgehead atoms. The van der Waals surface area contributed by atoms with E-state index < -0.39 is 9.84 Å². The Labute approximate surface area is 179 Å². The van der Waals surface area contributed by atoms with E-state index >= 15 is 0 Å². The van der Waals surface area contributed by atoms with Crippen LogP contribution in [0.5, 0.6) is 5.75 Å². The molecule has 0 radical (unpaired) electrons.